The first-order valence-corrected chi connectivity index (χ1v) is 7.11. The summed E-state index contributed by atoms with van der Waals surface area (Å²) in [6.45, 7) is 3.05. The van der Waals surface area contributed by atoms with Crippen molar-refractivity contribution in [2.75, 3.05) is 13.7 Å². The molecular formula is C15H20N2O2S. The highest BCUT2D eigenvalue weighted by molar-refractivity contribution is 7.80. The van der Waals surface area contributed by atoms with Crippen LogP contribution in [0.2, 0.25) is 0 Å². The van der Waals surface area contributed by atoms with Gasteiger partial charge in [0.15, 0.2) is 0 Å². The molecule has 1 aliphatic rings. The molecule has 1 aliphatic heterocycles. The average Bonchev–Trinajstić information content (AvgIpc) is 2.86. The number of rotatable bonds is 4. The van der Waals surface area contributed by atoms with E-state index < -0.39 is 5.60 Å². The van der Waals surface area contributed by atoms with Gasteiger partial charge in [-0.15, -0.1) is 0 Å². The molecule has 2 rings (SSSR count). The summed E-state index contributed by atoms with van der Waals surface area (Å²) in [5.74, 6) is 0.0238. The highest BCUT2D eigenvalue weighted by atomic mass is 32.1. The number of ether oxygens (including phenoxy) is 1. The first-order chi connectivity index (χ1) is 9.42. The number of amides is 1. The average molecular weight is 292 g/mol. The van der Waals surface area contributed by atoms with Crippen molar-refractivity contribution in [1.29, 1.82) is 0 Å². The molecule has 1 aromatic carbocycles. The van der Waals surface area contributed by atoms with E-state index in [0.29, 0.717) is 18.1 Å². The monoisotopic (exact) mass is 292 g/mol. The van der Waals surface area contributed by atoms with Crippen molar-refractivity contribution in [3.8, 4) is 0 Å². The van der Waals surface area contributed by atoms with Crippen molar-refractivity contribution in [3.05, 3.63) is 35.4 Å². The molecule has 2 N–H and O–H groups in total. The number of nitrogens with zero attached hydrogens (tertiary/aromatic N) is 1. The smallest absolute Gasteiger partial charge is 0.254 e. The molecule has 5 heteroatoms. The normalized spacial score (nSPS) is 21.7. The summed E-state index contributed by atoms with van der Waals surface area (Å²) in [4.78, 5) is 14.5. The summed E-state index contributed by atoms with van der Waals surface area (Å²) in [5, 5.41) is 0. The van der Waals surface area contributed by atoms with Gasteiger partial charge in [0, 0.05) is 25.8 Å². The first kappa shape index (κ1) is 14.9. The minimum Gasteiger partial charge on any atom is -0.389 e. The van der Waals surface area contributed by atoms with Gasteiger partial charge < -0.3 is 15.4 Å². The van der Waals surface area contributed by atoms with E-state index in [1.165, 1.54) is 0 Å². The molecule has 20 heavy (non-hydrogen) atoms. The van der Waals surface area contributed by atoms with E-state index in [-0.39, 0.29) is 5.91 Å². The van der Waals surface area contributed by atoms with E-state index in [9.17, 15) is 4.79 Å². The Labute approximate surface area is 124 Å². The predicted octanol–water partition coefficient (Wildman–Crippen LogP) is 1.85. The molecule has 1 heterocycles. The Morgan fingerprint density at radius 1 is 1.55 bits per heavy atom. The van der Waals surface area contributed by atoms with Crippen molar-refractivity contribution < 1.29 is 9.53 Å². The number of hydrogen-bond acceptors (Lipinski definition) is 3. The molecule has 0 aromatic heterocycles. The Kier molecular flexibility index (Phi) is 4.40. The minimum absolute atomic E-state index is 0.0238. The maximum atomic E-state index is 12.4. The fourth-order valence-corrected chi connectivity index (χ4v) is 2.65. The van der Waals surface area contributed by atoms with Gasteiger partial charge in [-0.25, -0.2) is 0 Å². The van der Waals surface area contributed by atoms with Crippen LogP contribution in [-0.2, 0) is 16.1 Å². The molecule has 1 fully saturated rings. The van der Waals surface area contributed by atoms with E-state index in [1.54, 1.807) is 11.9 Å². The van der Waals surface area contributed by atoms with Gasteiger partial charge in [0.2, 0.25) is 0 Å². The summed E-state index contributed by atoms with van der Waals surface area (Å²) in [5.41, 5.74) is 6.78. The van der Waals surface area contributed by atoms with Gasteiger partial charge in [-0.2, -0.15) is 0 Å². The number of hydrogen-bond donors (Lipinski definition) is 1. The molecule has 1 amide bonds. The fourth-order valence-electron chi connectivity index (χ4n) is 2.52. The van der Waals surface area contributed by atoms with Gasteiger partial charge in [-0.05, 0) is 31.4 Å². The second-order valence-corrected chi connectivity index (χ2v) is 5.85. The number of thiocarbonyl (C=S) groups is 1. The van der Waals surface area contributed by atoms with Crippen LogP contribution in [0, 0.1) is 0 Å². The zero-order chi connectivity index (χ0) is 14.8. The maximum Gasteiger partial charge on any atom is 0.254 e. The predicted molar refractivity (Wildman–Crippen MR) is 82.4 cm³/mol. The van der Waals surface area contributed by atoms with E-state index in [2.05, 4.69) is 0 Å². The highest BCUT2D eigenvalue weighted by Crippen LogP contribution is 2.27. The summed E-state index contributed by atoms with van der Waals surface area (Å²) in [6, 6.07) is 7.65. The summed E-state index contributed by atoms with van der Waals surface area (Å²) < 4.78 is 5.59. The highest BCUT2D eigenvalue weighted by Gasteiger charge is 2.39. The molecule has 1 aromatic rings. The Hall–Kier alpha value is -1.46. The van der Waals surface area contributed by atoms with Crippen LogP contribution in [0.25, 0.3) is 0 Å². The first-order valence-electron chi connectivity index (χ1n) is 6.71. The van der Waals surface area contributed by atoms with Crippen LogP contribution in [0.15, 0.2) is 24.3 Å². The summed E-state index contributed by atoms with van der Waals surface area (Å²) in [7, 11) is 1.79. The third-order valence-electron chi connectivity index (χ3n) is 3.65. The van der Waals surface area contributed by atoms with E-state index >= 15 is 0 Å². The Balaban J connectivity index is 2.07. The third-order valence-corrected chi connectivity index (χ3v) is 3.88. The van der Waals surface area contributed by atoms with Crippen molar-refractivity contribution in [2.24, 2.45) is 5.73 Å². The Morgan fingerprint density at radius 2 is 2.30 bits per heavy atom. The molecule has 1 atom stereocenters. The van der Waals surface area contributed by atoms with Crippen LogP contribution in [0.5, 0.6) is 0 Å². The minimum atomic E-state index is -0.671. The largest absolute Gasteiger partial charge is 0.389 e. The molecule has 4 nitrogen and oxygen atoms in total. The third kappa shape index (κ3) is 3.16. The lowest BCUT2D eigenvalue weighted by atomic mass is 10.0. The molecule has 1 saturated heterocycles. The lowest BCUT2D eigenvalue weighted by Gasteiger charge is -2.28. The van der Waals surface area contributed by atoms with Gasteiger partial charge in [0.1, 0.15) is 10.6 Å². The maximum absolute atomic E-state index is 12.4. The van der Waals surface area contributed by atoms with Crippen molar-refractivity contribution >= 4 is 23.1 Å². The molecule has 1 unspecified atom stereocenters. The Bertz CT molecular complexity index is 524. The van der Waals surface area contributed by atoms with Crippen LogP contribution in [-0.4, -0.2) is 35.1 Å². The lowest BCUT2D eigenvalue weighted by Crippen LogP contribution is -2.44. The van der Waals surface area contributed by atoms with Crippen LogP contribution in [0.1, 0.15) is 30.9 Å². The van der Waals surface area contributed by atoms with E-state index in [1.807, 2.05) is 31.2 Å². The number of benzene rings is 1. The van der Waals surface area contributed by atoms with Gasteiger partial charge in [-0.1, -0.05) is 30.4 Å². The molecule has 108 valence electrons. The molecule has 0 bridgehead atoms. The zero-order valence-corrected chi connectivity index (χ0v) is 12.7. The SMILES string of the molecule is CN(Cc1cccc(C(N)=S)c1)C(=O)C1(C)CCCO1. The number of carbonyl (C=O) groups is 1. The lowest BCUT2D eigenvalue weighted by molar-refractivity contribution is -0.150. The van der Waals surface area contributed by atoms with Crippen molar-refractivity contribution in [3.63, 3.8) is 0 Å². The molecular weight excluding hydrogens is 272 g/mol. The number of likely N-dealkylation sites (N-methyl/N-ethyl adjacent to an activating group) is 1. The standard InChI is InChI=1S/C15H20N2O2S/c1-15(7-4-8-19-15)14(18)17(2)10-11-5-3-6-12(9-11)13(16)20/h3,5-6,9H,4,7-8,10H2,1-2H3,(H2,16,20). The zero-order valence-electron chi connectivity index (χ0n) is 11.9. The summed E-state index contributed by atoms with van der Waals surface area (Å²) >= 11 is 4.97. The molecule has 0 spiro atoms. The van der Waals surface area contributed by atoms with E-state index in [0.717, 1.165) is 24.0 Å². The fraction of sp³-hybridized carbons (Fsp3) is 0.467. The van der Waals surface area contributed by atoms with E-state index in [4.69, 9.17) is 22.7 Å². The van der Waals surface area contributed by atoms with Crippen molar-refractivity contribution in [1.82, 2.24) is 4.90 Å². The Morgan fingerprint density at radius 3 is 2.90 bits per heavy atom. The second-order valence-electron chi connectivity index (χ2n) is 5.41. The van der Waals surface area contributed by atoms with Crippen LogP contribution in [0.4, 0.5) is 0 Å². The molecule has 0 saturated carbocycles. The quantitative estimate of drug-likeness (QED) is 0.861. The van der Waals surface area contributed by atoms with Gasteiger partial charge in [0.25, 0.3) is 5.91 Å². The van der Waals surface area contributed by atoms with Gasteiger partial charge in [-0.3, -0.25) is 4.79 Å². The number of nitrogens with two attached hydrogens (primary N) is 1. The van der Waals surface area contributed by atoms with Crippen LogP contribution >= 0.6 is 12.2 Å². The van der Waals surface area contributed by atoms with Gasteiger partial charge in [0.05, 0.1) is 0 Å². The summed E-state index contributed by atoms with van der Waals surface area (Å²) in [6.07, 6.45) is 1.72. The molecule has 0 radical (unpaired) electrons. The van der Waals surface area contributed by atoms with Crippen molar-refractivity contribution in [2.45, 2.75) is 31.9 Å². The molecule has 0 aliphatic carbocycles. The second kappa shape index (κ2) is 5.89. The topological polar surface area (TPSA) is 55.6 Å². The van der Waals surface area contributed by atoms with Gasteiger partial charge >= 0.3 is 0 Å². The number of carbonyl (C=O) groups excluding carboxylic acids is 1. The van der Waals surface area contributed by atoms with Crippen LogP contribution < -0.4 is 5.73 Å². The van der Waals surface area contributed by atoms with Crippen LogP contribution in [0.3, 0.4) is 0 Å².